The summed E-state index contributed by atoms with van der Waals surface area (Å²) in [5, 5.41) is 0.0495. The van der Waals surface area contributed by atoms with Crippen molar-refractivity contribution in [1.29, 1.82) is 0 Å². The number of esters is 1. The number of rotatable bonds is 10. The van der Waals surface area contributed by atoms with E-state index < -0.39 is 32.0 Å². The van der Waals surface area contributed by atoms with E-state index >= 15 is 0 Å². The highest BCUT2D eigenvalue weighted by Gasteiger charge is 2.66. The van der Waals surface area contributed by atoms with Crippen LogP contribution in [0.3, 0.4) is 0 Å². The zero-order chi connectivity index (χ0) is 30.1. The molecule has 0 saturated carbocycles. The molecule has 5 atom stereocenters. The van der Waals surface area contributed by atoms with Crippen molar-refractivity contribution >= 4 is 20.2 Å². The highest BCUT2D eigenvalue weighted by molar-refractivity contribution is 6.74. The number of methoxy groups -OCH3 is 1. The van der Waals surface area contributed by atoms with Gasteiger partial charge in [0.15, 0.2) is 13.9 Å². The van der Waals surface area contributed by atoms with Crippen LogP contribution in [-0.2, 0) is 34.8 Å². The zero-order valence-electron chi connectivity index (χ0n) is 26.5. The van der Waals surface area contributed by atoms with Crippen molar-refractivity contribution < 1.29 is 28.2 Å². The van der Waals surface area contributed by atoms with Gasteiger partial charge in [-0.1, -0.05) is 84.9 Å². The van der Waals surface area contributed by atoms with E-state index in [-0.39, 0.29) is 35.0 Å². The molecule has 7 nitrogen and oxygen atoms in total. The largest absolute Gasteiger partial charge is 0.467 e. The van der Waals surface area contributed by atoms with E-state index in [1.165, 1.54) is 7.11 Å². The summed E-state index contributed by atoms with van der Waals surface area (Å²) in [6.07, 6.45) is 2.05. The Bertz CT molecular complexity index is 1070. The maximum absolute atomic E-state index is 13.6. The number of nitrogens with zero attached hydrogens (tertiary/aromatic N) is 1. The van der Waals surface area contributed by atoms with Crippen LogP contribution in [0.25, 0.3) is 0 Å². The number of hydrogen-bond donors (Lipinski definition) is 0. The smallest absolute Gasteiger partial charge is 0.338 e. The fraction of sp³-hybridized carbons (Fsp3) is 0.688. The summed E-state index contributed by atoms with van der Waals surface area (Å²) in [5.74, 6) is -0.892. The monoisotopic (exact) mass is 573 g/mol. The quantitative estimate of drug-likeness (QED) is 0.185. The van der Waals surface area contributed by atoms with Crippen LogP contribution in [0.15, 0.2) is 42.0 Å². The van der Waals surface area contributed by atoms with Gasteiger partial charge in [0.2, 0.25) is 5.91 Å². The van der Waals surface area contributed by atoms with E-state index in [0.29, 0.717) is 19.6 Å². The van der Waals surface area contributed by atoms with Crippen LogP contribution in [-0.4, -0.2) is 63.3 Å². The Hall–Kier alpha value is -2.00. The first-order valence-corrected chi connectivity index (χ1v) is 17.4. The molecule has 1 amide bonds. The van der Waals surface area contributed by atoms with Gasteiger partial charge in [0.05, 0.1) is 39.0 Å². The minimum atomic E-state index is -2.09. The molecule has 8 heteroatoms. The Morgan fingerprint density at radius 3 is 2.35 bits per heavy atom. The van der Waals surface area contributed by atoms with Gasteiger partial charge < -0.3 is 18.6 Å². The fourth-order valence-corrected chi connectivity index (χ4v) is 6.81. The van der Waals surface area contributed by atoms with Gasteiger partial charge in [-0.2, -0.15) is 0 Å². The molecule has 0 unspecified atom stereocenters. The molecule has 2 fully saturated rings. The first-order valence-electron chi connectivity index (χ1n) is 14.5. The van der Waals surface area contributed by atoms with Crippen LogP contribution >= 0.6 is 0 Å². The van der Waals surface area contributed by atoms with Crippen molar-refractivity contribution in [3.8, 4) is 0 Å². The topological polar surface area (TPSA) is 74.3 Å². The van der Waals surface area contributed by atoms with Crippen molar-refractivity contribution in [1.82, 2.24) is 4.90 Å². The average molecular weight is 574 g/mol. The SMILES string of the molecule is COC(=O)[C@@]12CO[C@@H](C(C)(C)C)N1C(=O)[C@@H](C)/C2=C\C[C@@H](C)[C@H](COCc1ccccc1)O[Si](C)(C)C(C)(C)C. The lowest BCUT2D eigenvalue weighted by atomic mass is 9.84. The Morgan fingerprint density at radius 1 is 1.18 bits per heavy atom. The highest BCUT2D eigenvalue weighted by Crippen LogP contribution is 2.50. The van der Waals surface area contributed by atoms with Crippen molar-refractivity contribution in [3.05, 3.63) is 47.5 Å². The lowest BCUT2D eigenvalue weighted by Crippen LogP contribution is -2.55. The maximum Gasteiger partial charge on any atom is 0.338 e. The molecular weight excluding hydrogens is 522 g/mol. The molecule has 0 radical (unpaired) electrons. The van der Waals surface area contributed by atoms with Crippen molar-refractivity contribution in [2.24, 2.45) is 17.3 Å². The van der Waals surface area contributed by atoms with E-state index in [2.05, 4.69) is 59.0 Å². The molecule has 0 aliphatic carbocycles. The van der Waals surface area contributed by atoms with E-state index in [0.717, 1.165) is 11.1 Å². The summed E-state index contributed by atoms with van der Waals surface area (Å²) < 4.78 is 24.5. The average Bonchev–Trinajstić information content (AvgIpc) is 3.36. The second kappa shape index (κ2) is 12.1. The zero-order valence-corrected chi connectivity index (χ0v) is 27.5. The van der Waals surface area contributed by atoms with Gasteiger partial charge in [-0.25, -0.2) is 4.79 Å². The minimum Gasteiger partial charge on any atom is -0.467 e. The summed E-state index contributed by atoms with van der Waals surface area (Å²) in [4.78, 5) is 28.6. The van der Waals surface area contributed by atoms with Crippen LogP contribution in [0.2, 0.25) is 18.1 Å². The molecule has 0 N–H and O–H groups in total. The van der Waals surface area contributed by atoms with Gasteiger partial charge in [-0.05, 0) is 48.5 Å². The maximum atomic E-state index is 13.6. The van der Waals surface area contributed by atoms with Crippen LogP contribution in [0.5, 0.6) is 0 Å². The molecule has 2 saturated heterocycles. The van der Waals surface area contributed by atoms with Crippen LogP contribution < -0.4 is 0 Å². The van der Waals surface area contributed by atoms with Crippen LogP contribution in [0, 0.1) is 17.3 Å². The Morgan fingerprint density at radius 2 is 1.80 bits per heavy atom. The van der Waals surface area contributed by atoms with Gasteiger partial charge in [0, 0.05) is 5.41 Å². The van der Waals surface area contributed by atoms with Gasteiger partial charge in [-0.15, -0.1) is 0 Å². The number of carbonyl (C=O) groups excluding carboxylic acids is 2. The van der Waals surface area contributed by atoms with Gasteiger partial charge in [-0.3, -0.25) is 9.69 Å². The number of amides is 1. The highest BCUT2D eigenvalue weighted by atomic mass is 28.4. The number of allylic oxidation sites excluding steroid dienone is 1. The van der Waals surface area contributed by atoms with E-state index in [4.69, 9.17) is 18.6 Å². The molecule has 1 aromatic rings. The third-order valence-corrected chi connectivity index (χ3v) is 13.4. The standard InChI is InChI=1S/C32H51NO6Si/c1-22(26(39-40(10,11)31(6,7)8)20-37-19-24-15-13-12-14-16-24)17-18-25-23(2)27(34)33-28(30(3,4)5)38-21-32(25,33)29(35)36-9/h12-16,18,22-23,26,28H,17,19-21H2,1-11H3/b25-18+/t22-,23+,26+,28+,32+/m1/s1. The second-order valence-corrected chi connectivity index (χ2v) is 18.9. The van der Waals surface area contributed by atoms with E-state index in [9.17, 15) is 9.59 Å². The van der Waals surface area contributed by atoms with Crippen molar-refractivity contribution in [2.45, 2.75) is 104 Å². The number of fused-ring (bicyclic) bond motifs is 1. The summed E-state index contributed by atoms with van der Waals surface area (Å²) in [6.45, 7) is 22.4. The first kappa shape index (κ1) is 32.5. The summed E-state index contributed by atoms with van der Waals surface area (Å²) >= 11 is 0. The minimum absolute atomic E-state index is 0.0495. The molecular formula is C32H51NO6Si. The molecule has 2 aliphatic heterocycles. The lowest BCUT2D eigenvalue weighted by Gasteiger charge is -2.41. The van der Waals surface area contributed by atoms with Crippen LogP contribution in [0.1, 0.15) is 67.4 Å². The molecule has 40 heavy (non-hydrogen) atoms. The molecule has 2 heterocycles. The third kappa shape index (κ3) is 6.40. The summed E-state index contributed by atoms with van der Waals surface area (Å²) in [7, 11) is -0.717. The summed E-state index contributed by atoms with van der Waals surface area (Å²) in [6, 6.07) is 10.1. The molecule has 224 valence electrons. The predicted octanol–water partition coefficient (Wildman–Crippen LogP) is 6.34. The fourth-order valence-electron chi connectivity index (χ4n) is 5.40. The predicted molar refractivity (Wildman–Crippen MR) is 160 cm³/mol. The molecule has 1 aromatic carbocycles. The second-order valence-electron chi connectivity index (χ2n) is 14.1. The van der Waals surface area contributed by atoms with E-state index in [1.807, 2.05) is 45.9 Å². The first-order chi connectivity index (χ1) is 18.5. The number of carbonyl (C=O) groups is 2. The van der Waals surface area contributed by atoms with Gasteiger partial charge in [0.25, 0.3) is 0 Å². The number of benzene rings is 1. The summed E-state index contributed by atoms with van der Waals surface area (Å²) in [5.41, 5.74) is 0.296. The molecule has 0 aromatic heterocycles. The Kier molecular flexibility index (Phi) is 9.82. The van der Waals surface area contributed by atoms with Crippen molar-refractivity contribution in [2.75, 3.05) is 20.3 Å². The molecule has 2 aliphatic rings. The van der Waals surface area contributed by atoms with Crippen LogP contribution in [0.4, 0.5) is 0 Å². The normalized spacial score (nSPS) is 26.2. The van der Waals surface area contributed by atoms with Gasteiger partial charge >= 0.3 is 5.97 Å². The Balaban J connectivity index is 1.89. The van der Waals surface area contributed by atoms with Crippen molar-refractivity contribution in [3.63, 3.8) is 0 Å². The molecule has 0 spiro atoms. The molecule has 0 bridgehead atoms. The van der Waals surface area contributed by atoms with Gasteiger partial charge in [0.1, 0.15) is 6.23 Å². The third-order valence-electron chi connectivity index (χ3n) is 8.90. The molecule has 3 rings (SSSR count). The Labute approximate surface area is 242 Å². The lowest BCUT2D eigenvalue weighted by molar-refractivity contribution is -0.157. The van der Waals surface area contributed by atoms with E-state index in [1.54, 1.807) is 4.90 Å². The number of ether oxygens (including phenoxy) is 3. The number of hydrogen-bond acceptors (Lipinski definition) is 6.